The van der Waals surface area contributed by atoms with Crippen molar-refractivity contribution in [2.45, 2.75) is 25.3 Å². The molecule has 2 aliphatic carbocycles. The van der Waals surface area contributed by atoms with Gasteiger partial charge in [-0.1, -0.05) is 0 Å². The molecule has 1 unspecified atom stereocenters. The lowest BCUT2D eigenvalue weighted by Gasteiger charge is -2.23. The van der Waals surface area contributed by atoms with Gasteiger partial charge in [0.15, 0.2) is 0 Å². The van der Waals surface area contributed by atoms with Gasteiger partial charge in [-0.05, 0) is 31.1 Å². The van der Waals surface area contributed by atoms with Crippen LogP contribution in [0.4, 0.5) is 0 Å². The summed E-state index contributed by atoms with van der Waals surface area (Å²) in [6.45, 7) is 0. The normalized spacial score (nSPS) is 48.1. The maximum atomic E-state index is 10.7. The molecule has 3 heteroatoms. The van der Waals surface area contributed by atoms with Crippen LogP contribution in [-0.4, -0.2) is 17.1 Å². The number of rotatable bonds is 1. The zero-order chi connectivity index (χ0) is 8.01. The maximum absolute atomic E-state index is 10.7. The molecule has 2 fully saturated rings. The fourth-order valence-electron chi connectivity index (χ4n) is 2.70. The van der Waals surface area contributed by atoms with E-state index in [0.717, 1.165) is 19.3 Å². The number of carboxylic acid groups (broad SMARTS) is 1. The average Bonchev–Trinajstić information content (AvgIpc) is 2.44. The van der Waals surface area contributed by atoms with Gasteiger partial charge in [0.2, 0.25) is 0 Å². The second-order valence-electron chi connectivity index (χ2n) is 3.77. The molecule has 2 aliphatic rings. The van der Waals surface area contributed by atoms with Crippen LogP contribution in [0.1, 0.15) is 19.3 Å². The molecule has 0 saturated heterocycles. The summed E-state index contributed by atoms with van der Waals surface area (Å²) in [6, 6.07) is -0.0637. The minimum Gasteiger partial charge on any atom is -0.481 e. The lowest BCUT2D eigenvalue weighted by Crippen LogP contribution is -2.40. The molecule has 4 atom stereocenters. The van der Waals surface area contributed by atoms with Crippen molar-refractivity contribution < 1.29 is 9.90 Å². The second-order valence-corrected chi connectivity index (χ2v) is 3.77. The van der Waals surface area contributed by atoms with Crippen LogP contribution < -0.4 is 5.73 Å². The van der Waals surface area contributed by atoms with Crippen LogP contribution >= 0.6 is 0 Å². The van der Waals surface area contributed by atoms with Crippen LogP contribution in [0.3, 0.4) is 0 Å². The van der Waals surface area contributed by atoms with Crippen molar-refractivity contribution in [3.05, 3.63) is 0 Å². The summed E-state index contributed by atoms with van der Waals surface area (Å²) in [5.74, 6) is -0.0490. The van der Waals surface area contributed by atoms with Crippen molar-refractivity contribution in [1.29, 1.82) is 0 Å². The van der Waals surface area contributed by atoms with Crippen LogP contribution in [0, 0.1) is 17.8 Å². The first-order valence-corrected chi connectivity index (χ1v) is 4.18. The quantitative estimate of drug-likeness (QED) is 0.577. The molecule has 0 spiro atoms. The predicted octanol–water partition coefficient (Wildman–Crippen LogP) is 0.444. The Kier molecular flexibility index (Phi) is 1.42. The highest BCUT2D eigenvalue weighted by Gasteiger charge is 2.49. The average molecular weight is 155 g/mol. The van der Waals surface area contributed by atoms with E-state index in [9.17, 15) is 4.79 Å². The first kappa shape index (κ1) is 7.10. The number of aliphatic carboxylic acids is 1. The molecule has 0 aliphatic heterocycles. The second kappa shape index (κ2) is 2.21. The van der Waals surface area contributed by atoms with Crippen LogP contribution in [-0.2, 0) is 4.79 Å². The summed E-state index contributed by atoms with van der Waals surface area (Å²) in [5.41, 5.74) is 5.78. The summed E-state index contributed by atoms with van der Waals surface area (Å²) in [4.78, 5) is 10.7. The first-order valence-electron chi connectivity index (χ1n) is 4.18. The standard InChI is InChI=1S/C8H13NO2/c9-7-5-2-1-4(3-5)6(7)8(10)11/h4-7H,1-3,9H2,(H,10,11)/t4-,5?,6+,7-/m1/s1. The molecule has 2 saturated carbocycles. The number of hydrogen-bond donors (Lipinski definition) is 2. The Hall–Kier alpha value is -0.570. The molecular weight excluding hydrogens is 142 g/mol. The molecule has 0 radical (unpaired) electrons. The van der Waals surface area contributed by atoms with Crippen molar-refractivity contribution in [2.24, 2.45) is 23.5 Å². The highest BCUT2D eigenvalue weighted by molar-refractivity contribution is 5.72. The molecule has 0 aromatic heterocycles. The molecule has 0 aromatic carbocycles. The zero-order valence-electron chi connectivity index (χ0n) is 6.36. The predicted molar refractivity (Wildman–Crippen MR) is 39.9 cm³/mol. The lowest BCUT2D eigenvalue weighted by molar-refractivity contribution is -0.144. The van der Waals surface area contributed by atoms with Gasteiger partial charge in [0.1, 0.15) is 0 Å². The molecule has 2 rings (SSSR count). The first-order chi connectivity index (χ1) is 5.20. The molecule has 11 heavy (non-hydrogen) atoms. The van der Waals surface area contributed by atoms with Crippen molar-refractivity contribution in [2.75, 3.05) is 0 Å². The minimum absolute atomic E-state index is 0.0637. The van der Waals surface area contributed by atoms with Crippen LogP contribution in [0.2, 0.25) is 0 Å². The summed E-state index contributed by atoms with van der Waals surface area (Å²) in [5, 5.41) is 8.83. The van der Waals surface area contributed by atoms with Gasteiger partial charge in [-0.15, -0.1) is 0 Å². The van der Waals surface area contributed by atoms with Gasteiger partial charge in [0.05, 0.1) is 5.92 Å². The van der Waals surface area contributed by atoms with Crippen LogP contribution in [0.5, 0.6) is 0 Å². The van der Waals surface area contributed by atoms with Crippen molar-refractivity contribution in [1.82, 2.24) is 0 Å². The van der Waals surface area contributed by atoms with E-state index in [2.05, 4.69) is 0 Å². The maximum Gasteiger partial charge on any atom is 0.308 e. The van der Waals surface area contributed by atoms with Gasteiger partial charge in [-0.2, -0.15) is 0 Å². The Labute approximate surface area is 65.6 Å². The molecule has 62 valence electrons. The highest BCUT2D eigenvalue weighted by atomic mass is 16.4. The Morgan fingerprint density at radius 1 is 1.36 bits per heavy atom. The van der Waals surface area contributed by atoms with Gasteiger partial charge in [0.25, 0.3) is 0 Å². The number of fused-ring (bicyclic) bond motifs is 2. The van der Waals surface area contributed by atoms with E-state index < -0.39 is 5.97 Å². The van der Waals surface area contributed by atoms with Crippen molar-refractivity contribution >= 4 is 5.97 Å². The summed E-state index contributed by atoms with van der Waals surface area (Å²) in [6.07, 6.45) is 3.28. The largest absolute Gasteiger partial charge is 0.481 e. The van der Waals surface area contributed by atoms with Gasteiger partial charge in [-0.25, -0.2) is 0 Å². The van der Waals surface area contributed by atoms with Gasteiger partial charge < -0.3 is 10.8 Å². The van der Waals surface area contributed by atoms with Gasteiger partial charge in [-0.3, -0.25) is 4.79 Å². The molecule has 3 N–H and O–H groups in total. The fraction of sp³-hybridized carbons (Fsp3) is 0.875. The van der Waals surface area contributed by atoms with Crippen molar-refractivity contribution in [3.8, 4) is 0 Å². The van der Waals surface area contributed by atoms with E-state index in [1.807, 2.05) is 0 Å². The van der Waals surface area contributed by atoms with E-state index in [1.165, 1.54) is 0 Å². The van der Waals surface area contributed by atoms with Gasteiger partial charge >= 0.3 is 5.97 Å². The number of hydrogen-bond acceptors (Lipinski definition) is 2. The molecular formula is C8H13NO2. The summed E-state index contributed by atoms with van der Waals surface area (Å²) < 4.78 is 0. The fourth-order valence-corrected chi connectivity index (χ4v) is 2.70. The Morgan fingerprint density at radius 2 is 2.00 bits per heavy atom. The van der Waals surface area contributed by atoms with E-state index in [1.54, 1.807) is 0 Å². The molecule has 3 nitrogen and oxygen atoms in total. The molecule has 0 amide bonds. The highest BCUT2D eigenvalue weighted by Crippen LogP contribution is 2.47. The van der Waals surface area contributed by atoms with E-state index >= 15 is 0 Å². The third-order valence-corrected chi connectivity index (χ3v) is 3.27. The van der Waals surface area contributed by atoms with E-state index in [4.69, 9.17) is 10.8 Å². The Morgan fingerprint density at radius 3 is 2.36 bits per heavy atom. The molecule has 0 heterocycles. The zero-order valence-corrected chi connectivity index (χ0v) is 6.36. The SMILES string of the molecule is N[C@@H]1C2CC[C@H](C2)[C@@H]1C(=O)O. The van der Waals surface area contributed by atoms with Crippen LogP contribution in [0.15, 0.2) is 0 Å². The summed E-state index contributed by atoms with van der Waals surface area (Å²) in [7, 11) is 0. The Bertz CT molecular complexity index is 191. The third kappa shape index (κ3) is 0.872. The van der Waals surface area contributed by atoms with E-state index in [0.29, 0.717) is 11.8 Å². The molecule has 0 aromatic rings. The van der Waals surface area contributed by atoms with E-state index in [-0.39, 0.29) is 12.0 Å². The Balaban J connectivity index is 2.17. The monoisotopic (exact) mass is 155 g/mol. The smallest absolute Gasteiger partial charge is 0.308 e. The van der Waals surface area contributed by atoms with Gasteiger partial charge in [0, 0.05) is 6.04 Å². The topological polar surface area (TPSA) is 63.3 Å². The number of carboxylic acids is 1. The summed E-state index contributed by atoms with van der Waals surface area (Å²) >= 11 is 0. The number of carbonyl (C=O) groups is 1. The minimum atomic E-state index is -0.690. The lowest BCUT2D eigenvalue weighted by atomic mass is 9.85. The number of nitrogens with two attached hydrogens (primary N) is 1. The third-order valence-electron chi connectivity index (χ3n) is 3.27. The van der Waals surface area contributed by atoms with Crippen LogP contribution in [0.25, 0.3) is 0 Å². The molecule has 2 bridgehead atoms. The van der Waals surface area contributed by atoms with Crippen molar-refractivity contribution in [3.63, 3.8) is 0 Å².